The number of nitrogens with one attached hydrogen (secondary N) is 2. The zero-order chi connectivity index (χ0) is 20.4. The van der Waals surface area contributed by atoms with Gasteiger partial charge in [-0.15, -0.1) is 4.72 Å². The number of aliphatic hydroxyl groups excluding tert-OH is 1. The zero-order valence-corrected chi connectivity index (χ0v) is 16.1. The van der Waals surface area contributed by atoms with Gasteiger partial charge in [-0.2, -0.15) is 9.65 Å². The Hall–Kier alpha value is -2.42. The van der Waals surface area contributed by atoms with E-state index in [1.54, 1.807) is 29.7 Å². The van der Waals surface area contributed by atoms with E-state index in [9.17, 15) is 13.7 Å². The molecule has 1 aliphatic rings. The fourth-order valence-corrected chi connectivity index (χ4v) is 4.38. The van der Waals surface area contributed by atoms with E-state index in [1.165, 1.54) is 6.07 Å². The van der Waals surface area contributed by atoms with Crippen molar-refractivity contribution in [3.63, 3.8) is 0 Å². The van der Waals surface area contributed by atoms with Crippen LogP contribution < -0.4 is 10.0 Å². The summed E-state index contributed by atoms with van der Waals surface area (Å²) in [6.07, 6.45) is 3.47. The molecular weight excluding hydrogens is 409 g/mol. The van der Waals surface area contributed by atoms with Gasteiger partial charge in [0.2, 0.25) is 10.8 Å². The van der Waals surface area contributed by atoms with Crippen molar-refractivity contribution in [2.45, 2.75) is 24.4 Å². The van der Waals surface area contributed by atoms with Crippen molar-refractivity contribution in [1.29, 1.82) is 5.26 Å². The van der Waals surface area contributed by atoms with Crippen LogP contribution in [0.1, 0.15) is 28.8 Å². The molecule has 0 saturated carbocycles. The Bertz CT molecular complexity index is 1000. The predicted molar refractivity (Wildman–Crippen MR) is 101 cm³/mol. The normalized spacial score (nSPS) is 14.4. The molecule has 1 amide bonds. The van der Waals surface area contributed by atoms with Gasteiger partial charge in [-0.3, -0.25) is 4.79 Å². The van der Waals surface area contributed by atoms with Gasteiger partial charge in [-0.25, -0.2) is 4.98 Å². The summed E-state index contributed by atoms with van der Waals surface area (Å²) in [4.78, 5) is 16.4. The number of nitriles is 1. The monoisotopic (exact) mass is 423 g/mol. The average molecular weight is 424 g/mol. The highest BCUT2D eigenvalue weighted by atomic mass is 35.5. The lowest BCUT2D eigenvalue weighted by molar-refractivity contribution is 0.101. The third-order valence-electron chi connectivity index (χ3n) is 3.91. The summed E-state index contributed by atoms with van der Waals surface area (Å²) < 4.78 is 30.4. The van der Waals surface area contributed by atoms with Crippen LogP contribution in [0.3, 0.4) is 0 Å². The number of fused-ring (bicyclic) bond motifs is 1. The lowest BCUT2D eigenvalue weighted by atomic mass is 10.3. The van der Waals surface area contributed by atoms with Crippen LogP contribution in [0, 0.1) is 17.3 Å². The van der Waals surface area contributed by atoms with E-state index < -0.39 is 29.3 Å². The molecule has 0 fully saturated rings. The molecule has 1 aliphatic heterocycles. The van der Waals surface area contributed by atoms with Gasteiger partial charge in [0.05, 0.1) is 24.0 Å². The van der Waals surface area contributed by atoms with Gasteiger partial charge in [-0.05, 0) is 19.1 Å². The first-order chi connectivity index (χ1) is 13.3. The van der Waals surface area contributed by atoms with Crippen molar-refractivity contribution in [2.24, 2.45) is 0 Å². The number of aromatic nitrogens is 2. The second-order valence-electron chi connectivity index (χ2n) is 5.99. The molecule has 2 aromatic heterocycles. The van der Waals surface area contributed by atoms with Crippen molar-refractivity contribution >= 4 is 40.6 Å². The molecule has 0 bridgehead atoms. The Labute approximate surface area is 167 Å². The van der Waals surface area contributed by atoms with Gasteiger partial charge in [0, 0.05) is 18.3 Å². The third-order valence-corrected chi connectivity index (χ3v) is 5.79. The smallest absolute Gasteiger partial charge is 0.274 e. The molecule has 3 heterocycles. The molecule has 0 aromatic carbocycles. The minimum atomic E-state index is -1.76. The quantitative estimate of drug-likeness (QED) is 0.480. The summed E-state index contributed by atoms with van der Waals surface area (Å²) in [5.74, 6) is -1.56. The molecule has 3 N–H and O–H groups in total. The Morgan fingerprint density at radius 3 is 3.04 bits per heavy atom. The highest BCUT2D eigenvalue weighted by Crippen LogP contribution is 2.36. The molecule has 2 unspecified atom stereocenters. The summed E-state index contributed by atoms with van der Waals surface area (Å²) in [7, 11) is 0. The van der Waals surface area contributed by atoms with Crippen molar-refractivity contribution in [3.8, 4) is 6.07 Å². The van der Waals surface area contributed by atoms with E-state index >= 15 is 0 Å². The average Bonchev–Trinajstić information content (AvgIpc) is 3.19. The highest BCUT2D eigenvalue weighted by Gasteiger charge is 2.34. The maximum absolute atomic E-state index is 13.5. The van der Waals surface area contributed by atoms with Gasteiger partial charge in [0.15, 0.2) is 0 Å². The summed E-state index contributed by atoms with van der Waals surface area (Å²) in [5, 5.41) is 20.5. The van der Waals surface area contributed by atoms with Gasteiger partial charge >= 0.3 is 0 Å². The van der Waals surface area contributed by atoms with Crippen molar-refractivity contribution in [3.05, 3.63) is 46.3 Å². The van der Waals surface area contributed by atoms with Gasteiger partial charge in [0.25, 0.3) is 5.91 Å². The van der Waals surface area contributed by atoms with E-state index in [0.29, 0.717) is 12.2 Å². The molecule has 0 aliphatic carbocycles. The molecule has 2 aromatic rings. The van der Waals surface area contributed by atoms with E-state index in [4.69, 9.17) is 22.0 Å². The number of allylic oxidation sites excluding steroid dienone is 1. The van der Waals surface area contributed by atoms with E-state index in [2.05, 4.69) is 15.0 Å². The van der Waals surface area contributed by atoms with Crippen LogP contribution in [0.4, 0.5) is 10.1 Å². The largest absolute Gasteiger partial charge is 0.593 e. The number of aliphatic hydroxyl groups is 1. The molecule has 2 atom stereocenters. The molecule has 0 saturated heterocycles. The fourth-order valence-electron chi connectivity index (χ4n) is 2.70. The number of pyridine rings is 1. The van der Waals surface area contributed by atoms with E-state index in [0.717, 1.165) is 6.07 Å². The van der Waals surface area contributed by atoms with E-state index in [1.807, 2.05) is 0 Å². The number of carbonyl (C=O) groups is 1. The number of rotatable bonds is 6. The van der Waals surface area contributed by atoms with Crippen molar-refractivity contribution < 1.29 is 18.8 Å². The number of nitrogens with zero attached hydrogens (tertiary/aromatic N) is 3. The minimum absolute atomic E-state index is 0.0112. The van der Waals surface area contributed by atoms with Gasteiger partial charge in [0.1, 0.15) is 28.2 Å². The first-order valence-electron chi connectivity index (χ1n) is 8.12. The van der Waals surface area contributed by atoms with Crippen LogP contribution in [0.25, 0.3) is 6.08 Å². The SMILES string of the molecule is CC(CO)N[S+]([O-])c1c(Cl)c(C(=O)Nc2cc(F)nc(C#N)c2)n2c1C=CC2. The number of anilines is 1. The molecule has 146 valence electrons. The fraction of sp³-hybridized carbons (Fsp3) is 0.235. The molecular formula is C17H15ClFN5O3S. The van der Waals surface area contributed by atoms with Crippen LogP contribution in [-0.4, -0.2) is 37.8 Å². The minimum Gasteiger partial charge on any atom is -0.593 e. The summed E-state index contributed by atoms with van der Waals surface area (Å²) in [6.45, 7) is 1.77. The maximum atomic E-state index is 13.5. The Kier molecular flexibility index (Phi) is 6.02. The van der Waals surface area contributed by atoms with Crippen LogP contribution >= 0.6 is 11.6 Å². The summed E-state index contributed by atoms with van der Waals surface area (Å²) >= 11 is 4.61. The molecule has 3 rings (SSSR count). The topological polar surface area (TPSA) is 126 Å². The Morgan fingerprint density at radius 2 is 2.36 bits per heavy atom. The summed E-state index contributed by atoms with van der Waals surface area (Å²) in [5.41, 5.74) is 0.415. The van der Waals surface area contributed by atoms with Crippen LogP contribution in [-0.2, 0) is 17.9 Å². The molecule has 8 nitrogen and oxygen atoms in total. The second kappa shape index (κ2) is 8.30. The van der Waals surface area contributed by atoms with Crippen LogP contribution in [0.5, 0.6) is 0 Å². The predicted octanol–water partition coefficient (Wildman–Crippen LogP) is 1.82. The number of hydrogen-bond acceptors (Lipinski definition) is 6. The third kappa shape index (κ3) is 3.89. The molecule has 0 radical (unpaired) electrons. The first kappa shape index (κ1) is 20.3. The van der Waals surface area contributed by atoms with E-state index in [-0.39, 0.29) is 33.6 Å². The maximum Gasteiger partial charge on any atom is 0.274 e. The Morgan fingerprint density at radius 1 is 1.61 bits per heavy atom. The van der Waals surface area contributed by atoms with Crippen molar-refractivity contribution in [1.82, 2.24) is 14.3 Å². The molecule has 0 spiro atoms. The molecule has 28 heavy (non-hydrogen) atoms. The van der Waals surface area contributed by atoms with Gasteiger partial charge < -0.3 is 19.5 Å². The number of carbonyl (C=O) groups excluding carboxylic acids is 1. The second-order valence-corrected chi connectivity index (χ2v) is 7.55. The summed E-state index contributed by atoms with van der Waals surface area (Å²) in [6, 6.07) is 3.46. The highest BCUT2D eigenvalue weighted by molar-refractivity contribution is 7.89. The van der Waals surface area contributed by atoms with Crippen LogP contribution in [0.15, 0.2) is 23.1 Å². The lowest BCUT2D eigenvalue weighted by Gasteiger charge is -2.14. The molecule has 11 heteroatoms. The Balaban J connectivity index is 1.95. The zero-order valence-electron chi connectivity index (χ0n) is 14.6. The first-order valence-corrected chi connectivity index (χ1v) is 9.64. The van der Waals surface area contributed by atoms with Crippen LogP contribution in [0.2, 0.25) is 5.02 Å². The van der Waals surface area contributed by atoms with Gasteiger partial charge in [-0.1, -0.05) is 17.7 Å². The number of halogens is 2. The lowest BCUT2D eigenvalue weighted by Crippen LogP contribution is -2.35. The number of hydrogen-bond donors (Lipinski definition) is 3. The standard InChI is InChI=1S/C17H15ClFN5O3S/c1-9(8-25)23-28(27)16-12-3-2-4-24(12)15(14(16)18)17(26)22-10-5-11(7-20)21-13(19)6-10/h2-3,5-6,9,23,25H,4,8H2,1H3,(H,21,22,26). The van der Waals surface area contributed by atoms with Crippen molar-refractivity contribution in [2.75, 3.05) is 11.9 Å². The number of amides is 1.